The van der Waals surface area contributed by atoms with Gasteiger partial charge in [-0.15, -0.1) is 0 Å². The highest BCUT2D eigenvalue weighted by molar-refractivity contribution is 6.08. The van der Waals surface area contributed by atoms with Crippen LogP contribution >= 0.6 is 0 Å². The molecule has 0 unspecified atom stereocenters. The number of para-hydroxylation sites is 1. The first-order valence-corrected chi connectivity index (χ1v) is 5.91. The van der Waals surface area contributed by atoms with Gasteiger partial charge in [0.05, 0.1) is 0 Å². The number of likely N-dealkylation sites (N-methyl/N-ethyl adjacent to an activating group) is 1. The average molecular weight is 230 g/mol. The highest BCUT2D eigenvalue weighted by atomic mass is 16.1. The molecule has 3 heteroatoms. The maximum absolute atomic E-state index is 11.8. The Hall–Kier alpha value is -1.61. The van der Waals surface area contributed by atoms with Crippen LogP contribution in [0.25, 0.3) is 0 Å². The fourth-order valence-corrected chi connectivity index (χ4v) is 2.12. The van der Waals surface area contributed by atoms with Crippen molar-refractivity contribution in [1.29, 1.82) is 0 Å². The van der Waals surface area contributed by atoms with E-state index in [2.05, 4.69) is 23.4 Å². The van der Waals surface area contributed by atoms with E-state index in [4.69, 9.17) is 0 Å². The van der Waals surface area contributed by atoms with Crippen molar-refractivity contribution in [1.82, 2.24) is 4.90 Å². The number of hydrogen-bond acceptors (Lipinski definition) is 3. The molecule has 1 aromatic rings. The minimum absolute atomic E-state index is 0.000437. The summed E-state index contributed by atoms with van der Waals surface area (Å²) >= 11 is 0. The van der Waals surface area contributed by atoms with Crippen LogP contribution in [-0.2, 0) is 0 Å². The zero-order valence-electron chi connectivity index (χ0n) is 10.2. The van der Waals surface area contributed by atoms with Gasteiger partial charge in [0.1, 0.15) is 0 Å². The number of hydrogen-bond donors (Lipinski definition) is 0. The average Bonchev–Trinajstić information content (AvgIpc) is 2.39. The minimum Gasteiger partial charge on any atom is -0.368 e. The second-order valence-electron chi connectivity index (χ2n) is 4.38. The Morgan fingerprint density at radius 1 is 1.24 bits per heavy atom. The van der Waals surface area contributed by atoms with Crippen LogP contribution in [0.5, 0.6) is 0 Å². The maximum Gasteiger partial charge on any atom is 0.187 e. The highest BCUT2D eigenvalue weighted by Gasteiger charge is 2.18. The second kappa shape index (κ2) is 5.15. The molecule has 3 nitrogen and oxygen atoms in total. The summed E-state index contributed by atoms with van der Waals surface area (Å²) in [4.78, 5) is 16.4. The fourth-order valence-electron chi connectivity index (χ4n) is 2.12. The lowest BCUT2D eigenvalue weighted by atomic mass is 10.1. The maximum atomic E-state index is 11.8. The molecule has 0 saturated carbocycles. The van der Waals surface area contributed by atoms with Crippen LogP contribution in [0.4, 0.5) is 5.69 Å². The van der Waals surface area contributed by atoms with Gasteiger partial charge in [0.25, 0.3) is 0 Å². The summed E-state index contributed by atoms with van der Waals surface area (Å²) in [5, 5.41) is 0. The topological polar surface area (TPSA) is 23.6 Å². The van der Waals surface area contributed by atoms with E-state index in [1.165, 1.54) is 6.08 Å². The molecule has 1 aromatic carbocycles. The van der Waals surface area contributed by atoms with Crippen molar-refractivity contribution in [3.8, 4) is 0 Å². The van der Waals surface area contributed by atoms with E-state index in [-0.39, 0.29) is 5.78 Å². The standard InChI is InChI=1S/C14H18N2O/c1-3-14(17)12-6-4-5-7-13(12)16-10-8-15(2)9-11-16/h3-7H,1,8-11H2,2H3. The SMILES string of the molecule is C=CC(=O)c1ccccc1N1CCN(C)CC1. The fraction of sp³-hybridized carbons (Fsp3) is 0.357. The minimum atomic E-state index is -0.000437. The van der Waals surface area contributed by atoms with Crippen molar-refractivity contribution >= 4 is 11.5 Å². The summed E-state index contributed by atoms with van der Waals surface area (Å²) < 4.78 is 0. The smallest absolute Gasteiger partial charge is 0.187 e. The third-order valence-corrected chi connectivity index (χ3v) is 3.20. The lowest BCUT2D eigenvalue weighted by molar-refractivity contribution is 0.104. The van der Waals surface area contributed by atoms with Crippen LogP contribution < -0.4 is 4.90 Å². The van der Waals surface area contributed by atoms with Gasteiger partial charge in [0.2, 0.25) is 0 Å². The van der Waals surface area contributed by atoms with Crippen LogP contribution in [0.2, 0.25) is 0 Å². The molecule has 1 aliphatic heterocycles. The van der Waals surface area contributed by atoms with Crippen molar-refractivity contribution < 1.29 is 4.79 Å². The van der Waals surface area contributed by atoms with Crippen molar-refractivity contribution in [3.63, 3.8) is 0 Å². The number of benzene rings is 1. The van der Waals surface area contributed by atoms with E-state index in [0.29, 0.717) is 0 Å². The lowest BCUT2D eigenvalue weighted by Gasteiger charge is -2.34. The number of anilines is 1. The van der Waals surface area contributed by atoms with Gasteiger partial charge in [-0.05, 0) is 25.3 Å². The third-order valence-electron chi connectivity index (χ3n) is 3.20. The number of carbonyl (C=O) groups is 1. The van der Waals surface area contributed by atoms with Crippen molar-refractivity contribution in [2.75, 3.05) is 38.1 Å². The van der Waals surface area contributed by atoms with Gasteiger partial charge in [0, 0.05) is 37.4 Å². The van der Waals surface area contributed by atoms with Crippen LogP contribution in [0.1, 0.15) is 10.4 Å². The number of allylic oxidation sites excluding steroid dienone is 1. The van der Waals surface area contributed by atoms with Gasteiger partial charge in [-0.1, -0.05) is 18.7 Å². The molecule has 1 saturated heterocycles. The molecule has 0 radical (unpaired) electrons. The summed E-state index contributed by atoms with van der Waals surface area (Å²) in [7, 11) is 2.12. The van der Waals surface area contributed by atoms with E-state index in [0.717, 1.165) is 37.4 Å². The molecule has 1 heterocycles. The van der Waals surface area contributed by atoms with Gasteiger partial charge in [-0.25, -0.2) is 0 Å². The van der Waals surface area contributed by atoms with Crippen LogP contribution in [-0.4, -0.2) is 43.9 Å². The van der Waals surface area contributed by atoms with Crippen LogP contribution in [0.15, 0.2) is 36.9 Å². The summed E-state index contributed by atoms with van der Waals surface area (Å²) in [6, 6.07) is 7.77. The highest BCUT2D eigenvalue weighted by Crippen LogP contribution is 2.22. The summed E-state index contributed by atoms with van der Waals surface area (Å²) in [5.74, 6) is -0.000437. The molecule has 2 rings (SSSR count). The van der Waals surface area contributed by atoms with E-state index < -0.39 is 0 Å². The molecule has 0 amide bonds. The summed E-state index contributed by atoms with van der Waals surface area (Å²) in [6.07, 6.45) is 1.38. The van der Waals surface area contributed by atoms with Gasteiger partial charge < -0.3 is 9.80 Å². The Bertz CT molecular complexity index is 420. The quantitative estimate of drug-likeness (QED) is 0.584. The summed E-state index contributed by atoms with van der Waals surface area (Å²) in [5.41, 5.74) is 1.79. The Morgan fingerprint density at radius 3 is 2.53 bits per heavy atom. The molecule has 1 aliphatic rings. The number of ketones is 1. The van der Waals surface area contributed by atoms with Gasteiger partial charge >= 0.3 is 0 Å². The first kappa shape index (κ1) is 11.9. The molecular weight excluding hydrogens is 212 g/mol. The number of carbonyl (C=O) groups excluding carboxylic acids is 1. The molecule has 0 spiro atoms. The molecule has 1 fully saturated rings. The molecule has 0 aromatic heterocycles. The largest absolute Gasteiger partial charge is 0.368 e. The molecule has 17 heavy (non-hydrogen) atoms. The van der Waals surface area contributed by atoms with Gasteiger partial charge in [0.15, 0.2) is 5.78 Å². The lowest BCUT2D eigenvalue weighted by Crippen LogP contribution is -2.44. The first-order valence-electron chi connectivity index (χ1n) is 5.91. The second-order valence-corrected chi connectivity index (χ2v) is 4.38. The number of nitrogens with zero attached hydrogens (tertiary/aromatic N) is 2. The molecule has 0 aliphatic carbocycles. The summed E-state index contributed by atoms with van der Waals surface area (Å²) in [6.45, 7) is 7.58. The Labute approximate surface area is 102 Å². The third kappa shape index (κ3) is 2.56. The molecule has 0 N–H and O–H groups in total. The van der Waals surface area contributed by atoms with E-state index >= 15 is 0 Å². The Morgan fingerprint density at radius 2 is 1.88 bits per heavy atom. The predicted molar refractivity (Wildman–Crippen MR) is 70.7 cm³/mol. The van der Waals surface area contributed by atoms with E-state index in [9.17, 15) is 4.79 Å². The Kier molecular flexibility index (Phi) is 3.59. The monoisotopic (exact) mass is 230 g/mol. The number of rotatable bonds is 3. The van der Waals surface area contributed by atoms with Gasteiger partial charge in [-0.2, -0.15) is 0 Å². The van der Waals surface area contributed by atoms with Crippen LogP contribution in [0.3, 0.4) is 0 Å². The number of piperazine rings is 1. The Balaban J connectivity index is 2.25. The van der Waals surface area contributed by atoms with E-state index in [1.807, 2.05) is 24.3 Å². The predicted octanol–water partition coefficient (Wildman–Crippen LogP) is 1.81. The van der Waals surface area contributed by atoms with Crippen LogP contribution in [0, 0.1) is 0 Å². The van der Waals surface area contributed by atoms with Crippen molar-refractivity contribution in [3.05, 3.63) is 42.5 Å². The van der Waals surface area contributed by atoms with Crippen molar-refractivity contribution in [2.45, 2.75) is 0 Å². The first-order chi connectivity index (χ1) is 8.22. The molecular formula is C14H18N2O. The molecule has 90 valence electrons. The van der Waals surface area contributed by atoms with E-state index in [1.54, 1.807) is 0 Å². The zero-order valence-corrected chi connectivity index (χ0v) is 10.2. The van der Waals surface area contributed by atoms with Gasteiger partial charge in [-0.3, -0.25) is 4.79 Å². The molecule has 0 bridgehead atoms. The normalized spacial score (nSPS) is 16.9. The zero-order chi connectivity index (χ0) is 12.3. The van der Waals surface area contributed by atoms with Crippen molar-refractivity contribution in [2.24, 2.45) is 0 Å². The molecule has 0 atom stereocenters.